The average molecular weight is 366 g/mol. The molecule has 0 fully saturated rings. The molecular formula is C22H26N2O3. The molecule has 1 N–H and O–H groups in total. The minimum absolute atomic E-state index is 0.233. The number of benzene rings is 1. The summed E-state index contributed by atoms with van der Waals surface area (Å²) in [5.41, 5.74) is 4.82. The van der Waals surface area contributed by atoms with Crippen LogP contribution < -0.4 is 0 Å². The van der Waals surface area contributed by atoms with E-state index in [9.17, 15) is 14.7 Å². The maximum atomic E-state index is 11.6. The second kappa shape index (κ2) is 6.97. The molecule has 5 nitrogen and oxygen atoms in total. The summed E-state index contributed by atoms with van der Waals surface area (Å²) in [4.78, 5) is 25.3. The number of rotatable bonds is 6. The predicted molar refractivity (Wildman–Crippen MR) is 106 cm³/mol. The number of hydrogen-bond acceptors (Lipinski definition) is 3. The van der Waals surface area contributed by atoms with Crippen molar-refractivity contribution >= 4 is 28.2 Å². The van der Waals surface area contributed by atoms with Crippen LogP contribution in [-0.4, -0.2) is 46.0 Å². The van der Waals surface area contributed by atoms with E-state index in [2.05, 4.69) is 33.9 Å². The molecule has 2 heterocycles. The van der Waals surface area contributed by atoms with Crippen molar-refractivity contribution in [2.45, 2.75) is 45.2 Å². The van der Waals surface area contributed by atoms with Gasteiger partial charge in [-0.05, 0) is 42.7 Å². The maximum absolute atomic E-state index is 11.6. The number of fused-ring (bicyclic) bond motifs is 2. The summed E-state index contributed by atoms with van der Waals surface area (Å²) in [6, 6.07) is 6.54. The van der Waals surface area contributed by atoms with Gasteiger partial charge in [0.25, 0.3) is 0 Å². The van der Waals surface area contributed by atoms with E-state index in [0.29, 0.717) is 25.2 Å². The van der Waals surface area contributed by atoms with Gasteiger partial charge in [0.2, 0.25) is 0 Å². The van der Waals surface area contributed by atoms with Crippen molar-refractivity contribution in [1.82, 2.24) is 9.47 Å². The molecule has 27 heavy (non-hydrogen) atoms. The summed E-state index contributed by atoms with van der Waals surface area (Å²) in [6.07, 6.45) is 7.19. The van der Waals surface area contributed by atoms with Gasteiger partial charge in [-0.3, -0.25) is 14.5 Å². The number of aryl methyl sites for hydroxylation is 1. The topological polar surface area (TPSA) is 62.5 Å². The molecule has 1 aliphatic carbocycles. The molecule has 0 spiro atoms. The third kappa shape index (κ3) is 3.10. The zero-order valence-corrected chi connectivity index (χ0v) is 15.9. The largest absolute Gasteiger partial charge is 0.481 e. The fourth-order valence-electron chi connectivity index (χ4n) is 4.59. The highest BCUT2D eigenvalue weighted by Gasteiger charge is 2.35. The zero-order chi connectivity index (χ0) is 19.1. The normalized spacial score (nSPS) is 21.8. The van der Waals surface area contributed by atoms with Gasteiger partial charge in [-0.15, -0.1) is 0 Å². The zero-order valence-electron chi connectivity index (χ0n) is 15.9. The van der Waals surface area contributed by atoms with Crippen LogP contribution >= 0.6 is 0 Å². The van der Waals surface area contributed by atoms with Crippen molar-refractivity contribution in [3.8, 4) is 0 Å². The number of likely N-dealkylation sites (N-methyl/N-ethyl adjacent to an activating group) is 1. The van der Waals surface area contributed by atoms with Crippen LogP contribution in [0.25, 0.3) is 16.5 Å². The molecule has 2 aliphatic rings. The lowest BCUT2D eigenvalue weighted by Crippen LogP contribution is -2.44. The van der Waals surface area contributed by atoms with E-state index in [0.717, 1.165) is 25.0 Å². The van der Waals surface area contributed by atoms with E-state index < -0.39 is 11.9 Å². The minimum Gasteiger partial charge on any atom is -0.481 e. The van der Waals surface area contributed by atoms with Gasteiger partial charge in [-0.25, -0.2) is 0 Å². The molecule has 0 saturated carbocycles. The quantitative estimate of drug-likeness (QED) is 0.852. The van der Waals surface area contributed by atoms with Crippen LogP contribution in [0, 0.1) is 5.92 Å². The number of carboxylic acid groups (broad SMARTS) is 1. The highest BCUT2D eigenvalue weighted by Crippen LogP contribution is 2.41. The van der Waals surface area contributed by atoms with Gasteiger partial charge in [0.05, 0.1) is 5.92 Å². The smallest absolute Gasteiger partial charge is 0.311 e. The van der Waals surface area contributed by atoms with Gasteiger partial charge in [-0.2, -0.15) is 0 Å². The molecule has 1 aromatic carbocycles. The Morgan fingerprint density at radius 2 is 2.11 bits per heavy atom. The van der Waals surface area contributed by atoms with Crippen LogP contribution in [-0.2, 0) is 22.6 Å². The van der Waals surface area contributed by atoms with Crippen molar-refractivity contribution in [3.05, 3.63) is 41.6 Å². The fraction of sp³-hybridized carbons (Fsp3) is 0.455. The first-order valence-electron chi connectivity index (χ1n) is 9.77. The number of nitrogens with zero attached hydrogens (tertiary/aromatic N) is 2. The monoisotopic (exact) mass is 366 g/mol. The fourth-order valence-corrected chi connectivity index (χ4v) is 4.59. The molecule has 0 saturated heterocycles. The number of carbonyl (C=O) groups is 2. The molecule has 0 amide bonds. The second-order valence-corrected chi connectivity index (χ2v) is 7.77. The van der Waals surface area contributed by atoms with E-state index in [4.69, 9.17) is 0 Å². The molecule has 1 aliphatic heterocycles. The van der Waals surface area contributed by atoms with Gasteiger partial charge in [0, 0.05) is 49.1 Å². The van der Waals surface area contributed by atoms with Crippen molar-refractivity contribution < 1.29 is 14.7 Å². The summed E-state index contributed by atoms with van der Waals surface area (Å²) in [7, 11) is 2.02. The number of aromatic nitrogens is 1. The molecule has 142 valence electrons. The highest BCUT2D eigenvalue weighted by atomic mass is 16.4. The first kappa shape index (κ1) is 18.0. The van der Waals surface area contributed by atoms with Gasteiger partial charge in [0.1, 0.15) is 5.78 Å². The lowest BCUT2D eigenvalue weighted by atomic mass is 9.80. The molecule has 2 atom stereocenters. The first-order chi connectivity index (χ1) is 13.0. The third-order valence-corrected chi connectivity index (χ3v) is 6.03. The Morgan fingerprint density at radius 3 is 2.85 bits per heavy atom. The second-order valence-electron chi connectivity index (χ2n) is 7.77. The maximum Gasteiger partial charge on any atom is 0.311 e. The van der Waals surface area contributed by atoms with Gasteiger partial charge in [-0.1, -0.05) is 25.1 Å². The summed E-state index contributed by atoms with van der Waals surface area (Å²) < 4.78 is 2.27. The molecule has 5 heteroatoms. The molecule has 0 radical (unpaired) electrons. The average Bonchev–Trinajstić information content (AvgIpc) is 3.01. The lowest BCUT2D eigenvalue weighted by Gasteiger charge is -2.38. The summed E-state index contributed by atoms with van der Waals surface area (Å²) in [6.45, 7) is 3.30. The Morgan fingerprint density at radius 1 is 1.30 bits per heavy atom. The number of ketones is 1. The summed E-state index contributed by atoms with van der Waals surface area (Å²) >= 11 is 0. The van der Waals surface area contributed by atoms with Crippen LogP contribution in [0.1, 0.15) is 37.3 Å². The molecular weight excluding hydrogens is 340 g/mol. The van der Waals surface area contributed by atoms with Crippen LogP contribution in [0.5, 0.6) is 0 Å². The van der Waals surface area contributed by atoms with Crippen LogP contribution in [0.3, 0.4) is 0 Å². The Kier molecular flexibility index (Phi) is 4.64. The lowest BCUT2D eigenvalue weighted by molar-refractivity contribution is -0.140. The molecule has 1 aromatic heterocycles. The van der Waals surface area contributed by atoms with Crippen LogP contribution in [0.15, 0.2) is 30.5 Å². The first-order valence-corrected chi connectivity index (χ1v) is 9.77. The van der Waals surface area contributed by atoms with Crippen LogP contribution in [0.2, 0.25) is 0 Å². The molecule has 4 rings (SSSR count). The SMILES string of the molecule is CCC(=O)CCCn1cc2c3c(cccc31)C1=C[C@@H](C(=O)O)CN(C)[C@@H]1C2. The Bertz CT molecular complexity index is 940. The van der Waals surface area contributed by atoms with Gasteiger partial charge < -0.3 is 9.67 Å². The Hall–Kier alpha value is -2.40. The number of carbonyl (C=O) groups excluding carboxylic acids is 1. The van der Waals surface area contributed by atoms with Crippen LogP contribution in [0.4, 0.5) is 0 Å². The Balaban J connectivity index is 1.73. The number of Topliss-reactive ketones (excluding diaryl/α,β-unsaturated/α-hetero) is 1. The number of aliphatic carboxylic acids is 1. The van der Waals surface area contributed by atoms with Crippen molar-refractivity contribution in [2.24, 2.45) is 5.92 Å². The van der Waals surface area contributed by atoms with E-state index in [1.165, 1.54) is 22.0 Å². The van der Waals surface area contributed by atoms with Crippen molar-refractivity contribution in [1.29, 1.82) is 0 Å². The molecule has 2 aromatic rings. The number of hydrogen-bond donors (Lipinski definition) is 1. The van der Waals surface area contributed by atoms with Crippen molar-refractivity contribution in [3.63, 3.8) is 0 Å². The number of carboxylic acids is 1. The third-order valence-electron chi connectivity index (χ3n) is 6.03. The van der Waals surface area contributed by atoms with Crippen molar-refractivity contribution in [2.75, 3.05) is 13.6 Å². The standard InChI is InChI=1S/C22H26N2O3/c1-3-16(25)6-5-9-24-13-14-11-20-18(10-15(22(26)27)12-23(20)2)17-7-4-8-19(24)21(14)17/h4,7-8,10,13,15,20H,3,5-6,9,11-12H2,1-2H3,(H,26,27)/t15-,20-/m1/s1. The predicted octanol–water partition coefficient (Wildman–Crippen LogP) is 3.35. The highest BCUT2D eigenvalue weighted by molar-refractivity contribution is 5.99. The van der Waals surface area contributed by atoms with E-state index in [1.807, 2.05) is 20.0 Å². The molecule has 0 bridgehead atoms. The Labute approximate surface area is 159 Å². The van der Waals surface area contributed by atoms with Gasteiger partial charge in [0.15, 0.2) is 0 Å². The minimum atomic E-state index is -0.760. The van der Waals surface area contributed by atoms with E-state index in [1.54, 1.807) is 0 Å². The van der Waals surface area contributed by atoms with Gasteiger partial charge >= 0.3 is 5.97 Å². The summed E-state index contributed by atoms with van der Waals surface area (Å²) in [5.74, 6) is -0.904. The molecule has 0 unspecified atom stereocenters. The summed E-state index contributed by atoms with van der Waals surface area (Å²) in [5, 5.41) is 10.8. The van der Waals surface area contributed by atoms with E-state index in [-0.39, 0.29) is 6.04 Å². The van der Waals surface area contributed by atoms with E-state index >= 15 is 0 Å².